The summed E-state index contributed by atoms with van der Waals surface area (Å²) in [6, 6.07) is 14.8. The minimum atomic E-state index is -0.396. The fraction of sp³-hybridized carbons (Fsp3) is 0.250. The van der Waals surface area contributed by atoms with Gasteiger partial charge in [-0.1, -0.05) is 57.2 Å². The number of benzene rings is 2. The minimum absolute atomic E-state index is 0.00553. The Hall–Kier alpha value is -4.34. The summed E-state index contributed by atoms with van der Waals surface area (Å²) >= 11 is 0. The lowest BCUT2D eigenvalue weighted by Crippen LogP contribution is -2.19. The van der Waals surface area contributed by atoms with Crippen LogP contribution in [0.3, 0.4) is 0 Å². The highest BCUT2D eigenvalue weighted by molar-refractivity contribution is 6.02. The molecule has 0 saturated carbocycles. The van der Waals surface area contributed by atoms with Crippen LogP contribution in [-0.2, 0) is 12.5 Å². The zero-order chi connectivity index (χ0) is 24.5. The standard InChI is InChI=1S/C24H26N8O2/c1-14(25-28-23(34)17-8-6-16(7-9-17)22-26-30-31-27-22)19-21(33)20(32(5)29-19)15-10-12-18(13-11-15)24(2,3)4/h6-13,33H,1-5H3,(H,28,34)(H,26,27,30,31)/b25-14-. The molecule has 3 N–H and O–H groups in total. The molecule has 0 aliphatic heterocycles. The summed E-state index contributed by atoms with van der Waals surface area (Å²) in [5.74, 6) is 0.0497. The van der Waals surface area contributed by atoms with E-state index in [1.54, 1.807) is 42.9 Å². The van der Waals surface area contributed by atoms with Crippen LogP contribution in [-0.4, -0.2) is 47.1 Å². The van der Waals surface area contributed by atoms with Crippen molar-refractivity contribution in [1.82, 2.24) is 35.8 Å². The Morgan fingerprint density at radius 2 is 1.71 bits per heavy atom. The third-order valence-electron chi connectivity index (χ3n) is 5.47. The summed E-state index contributed by atoms with van der Waals surface area (Å²) in [4.78, 5) is 12.5. The number of aromatic amines is 1. The second kappa shape index (κ2) is 8.89. The van der Waals surface area contributed by atoms with E-state index in [0.717, 1.165) is 11.1 Å². The third-order valence-corrected chi connectivity index (χ3v) is 5.47. The number of nitrogens with one attached hydrogen (secondary N) is 2. The Kier molecular flexibility index (Phi) is 5.97. The number of rotatable bonds is 5. The molecule has 10 nitrogen and oxygen atoms in total. The number of nitrogens with zero attached hydrogens (tertiary/aromatic N) is 6. The number of amides is 1. The number of hydrazone groups is 1. The minimum Gasteiger partial charge on any atom is -0.504 e. The van der Waals surface area contributed by atoms with Crippen LogP contribution in [0.25, 0.3) is 22.6 Å². The zero-order valence-electron chi connectivity index (χ0n) is 19.7. The predicted octanol–water partition coefficient (Wildman–Crippen LogP) is 3.42. The molecule has 2 heterocycles. The van der Waals surface area contributed by atoms with Crippen LogP contribution < -0.4 is 5.43 Å². The van der Waals surface area contributed by atoms with Crippen molar-refractivity contribution in [2.24, 2.45) is 12.1 Å². The van der Waals surface area contributed by atoms with Crippen molar-refractivity contribution in [3.8, 4) is 28.4 Å². The van der Waals surface area contributed by atoms with Crippen LogP contribution >= 0.6 is 0 Å². The van der Waals surface area contributed by atoms with Gasteiger partial charge < -0.3 is 5.11 Å². The summed E-state index contributed by atoms with van der Waals surface area (Å²) in [5.41, 5.74) is 6.97. The van der Waals surface area contributed by atoms with Gasteiger partial charge in [0, 0.05) is 23.7 Å². The molecule has 4 aromatic rings. The molecule has 0 aliphatic carbocycles. The van der Waals surface area contributed by atoms with Gasteiger partial charge in [-0.05, 0) is 35.2 Å². The van der Waals surface area contributed by atoms with Gasteiger partial charge in [0.25, 0.3) is 5.91 Å². The molecule has 174 valence electrons. The first-order valence-corrected chi connectivity index (χ1v) is 10.7. The molecule has 0 bridgehead atoms. The highest BCUT2D eigenvalue weighted by Gasteiger charge is 2.20. The second-order valence-corrected chi connectivity index (χ2v) is 8.95. The average molecular weight is 459 g/mol. The van der Waals surface area contributed by atoms with E-state index in [1.165, 1.54) is 5.56 Å². The van der Waals surface area contributed by atoms with Crippen LogP contribution in [0.2, 0.25) is 0 Å². The van der Waals surface area contributed by atoms with Gasteiger partial charge >= 0.3 is 0 Å². The number of hydrogen-bond acceptors (Lipinski definition) is 7. The number of aromatic hydroxyl groups is 1. The van der Waals surface area contributed by atoms with Crippen LogP contribution in [0.5, 0.6) is 5.75 Å². The molecule has 1 amide bonds. The number of aromatic nitrogens is 6. The van der Waals surface area contributed by atoms with E-state index in [1.807, 2.05) is 24.3 Å². The van der Waals surface area contributed by atoms with Gasteiger partial charge in [0.2, 0.25) is 5.82 Å². The molecule has 34 heavy (non-hydrogen) atoms. The van der Waals surface area contributed by atoms with Gasteiger partial charge in [-0.2, -0.15) is 15.4 Å². The van der Waals surface area contributed by atoms with Crippen molar-refractivity contribution in [1.29, 1.82) is 0 Å². The highest BCUT2D eigenvalue weighted by atomic mass is 16.3. The number of aryl methyl sites for hydroxylation is 1. The molecule has 0 atom stereocenters. The maximum absolute atomic E-state index is 12.5. The van der Waals surface area contributed by atoms with Crippen molar-refractivity contribution >= 4 is 11.6 Å². The van der Waals surface area contributed by atoms with Crippen LogP contribution in [0.15, 0.2) is 53.6 Å². The molecule has 2 aromatic carbocycles. The van der Waals surface area contributed by atoms with Crippen molar-refractivity contribution in [3.05, 3.63) is 65.4 Å². The van der Waals surface area contributed by atoms with Gasteiger partial charge in [-0.15, -0.1) is 10.2 Å². The monoisotopic (exact) mass is 458 g/mol. The van der Waals surface area contributed by atoms with Crippen molar-refractivity contribution < 1.29 is 9.90 Å². The maximum atomic E-state index is 12.5. The predicted molar refractivity (Wildman–Crippen MR) is 128 cm³/mol. The maximum Gasteiger partial charge on any atom is 0.271 e. The summed E-state index contributed by atoms with van der Waals surface area (Å²) in [6.45, 7) is 8.13. The summed E-state index contributed by atoms with van der Waals surface area (Å²) in [6.07, 6.45) is 0. The molecule has 0 spiro atoms. The van der Waals surface area contributed by atoms with Gasteiger partial charge in [0.05, 0.1) is 5.71 Å². The quantitative estimate of drug-likeness (QED) is 0.310. The highest BCUT2D eigenvalue weighted by Crippen LogP contribution is 2.33. The van der Waals surface area contributed by atoms with Gasteiger partial charge in [-0.3, -0.25) is 9.48 Å². The lowest BCUT2D eigenvalue weighted by atomic mass is 9.86. The van der Waals surface area contributed by atoms with E-state index in [0.29, 0.717) is 28.5 Å². The third kappa shape index (κ3) is 4.56. The molecule has 2 aromatic heterocycles. The van der Waals surface area contributed by atoms with E-state index >= 15 is 0 Å². The first-order chi connectivity index (χ1) is 16.1. The Labute approximate surface area is 196 Å². The first kappa shape index (κ1) is 22.8. The molecule has 0 unspecified atom stereocenters. The molecule has 10 heteroatoms. The molecule has 0 fully saturated rings. The van der Waals surface area contributed by atoms with Crippen LogP contribution in [0.4, 0.5) is 0 Å². The van der Waals surface area contributed by atoms with Crippen molar-refractivity contribution in [2.45, 2.75) is 33.1 Å². The topological polar surface area (TPSA) is 134 Å². The van der Waals surface area contributed by atoms with Crippen LogP contribution in [0.1, 0.15) is 49.3 Å². The Morgan fingerprint density at radius 3 is 2.29 bits per heavy atom. The number of H-pyrrole nitrogens is 1. The first-order valence-electron chi connectivity index (χ1n) is 10.7. The van der Waals surface area contributed by atoms with E-state index in [4.69, 9.17) is 0 Å². The summed E-state index contributed by atoms with van der Waals surface area (Å²) in [7, 11) is 1.76. The molecule has 4 rings (SSSR count). The Bertz CT molecular complexity index is 1330. The number of hydrogen-bond donors (Lipinski definition) is 3. The largest absolute Gasteiger partial charge is 0.504 e. The SMILES string of the molecule is C/C(=N/NC(=O)c1ccc(-c2nn[nH]n2)cc1)c1nn(C)c(-c2ccc(C(C)(C)C)cc2)c1O. The molecule has 0 radical (unpaired) electrons. The fourth-order valence-corrected chi connectivity index (χ4v) is 3.52. The molecule has 0 saturated heterocycles. The van der Waals surface area contributed by atoms with Gasteiger partial charge in [0.1, 0.15) is 5.69 Å². The second-order valence-electron chi connectivity index (χ2n) is 8.95. The Morgan fingerprint density at radius 1 is 1.06 bits per heavy atom. The number of carbonyl (C=O) groups excluding carboxylic acids is 1. The normalized spacial score (nSPS) is 12.1. The van der Waals surface area contributed by atoms with E-state index in [2.05, 4.69) is 57.0 Å². The van der Waals surface area contributed by atoms with E-state index < -0.39 is 5.91 Å². The van der Waals surface area contributed by atoms with Gasteiger partial charge in [-0.25, -0.2) is 5.43 Å². The zero-order valence-corrected chi connectivity index (χ0v) is 19.7. The lowest BCUT2D eigenvalue weighted by Gasteiger charge is -2.19. The van der Waals surface area contributed by atoms with E-state index in [9.17, 15) is 9.90 Å². The smallest absolute Gasteiger partial charge is 0.271 e. The number of carbonyl (C=O) groups is 1. The molecule has 0 aliphatic rings. The average Bonchev–Trinajstić information content (AvgIpc) is 3.45. The van der Waals surface area contributed by atoms with E-state index in [-0.39, 0.29) is 11.2 Å². The lowest BCUT2D eigenvalue weighted by molar-refractivity contribution is 0.0955. The molecular weight excluding hydrogens is 432 g/mol. The summed E-state index contributed by atoms with van der Waals surface area (Å²) < 4.78 is 1.61. The van der Waals surface area contributed by atoms with Crippen molar-refractivity contribution in [2.75, 3.05) is 0 Å². The Balaban J connectivity index is 1.51. The van der Waals surface area contributed by atoms with Crippen molar-refractivity contribution in [3.63, 3.8) is 0 Å². The van der Waals surface area contributed by atoms with Gasteiger partial charge in [0.15, 0.2) is 11.4 Å². The molecular formula is C24H26N8O2. The number of tetrazole rings is 1. The fourth-order valence-electron chi connectivity index (χ4n) is 3.52. The summed E-state index contributed by atoms with van der Waals surface area (Å²) in [5, 5.41) is 33.1. The van der Waals surface area contributed by atoms with Crippen LogP contribution in [0, 0.1) is 0 Å².